The van der Waals surface area contributed by atoms with E-state index in [0.717, 1.165) is 48.6 Å². The third kappa shape index (κ3) is 6.04. The number of fused-ring (bicyclic) bond motifs is 1. The predicted octanol–water partition coefficient (Wildman–Crippen LogP) is 5.06. The highest BCUT2D eigenvalue weighted by Gasteiger charge is 2.36. The van der Waals surface area contributed by atoms with Crippen LogP contribution in [0.25, 0.3) is 10.8 Å². The van der Waals surface area contributed by atoms with Crippen molar-refractivity contribution in [1.29, 1.82) is 0 Å². The lowest BCUT2D eigenvalue weighted by atomic mass is 9.72. The van der Waals surface area contributed by atoms with Gasteiger partial charge in [0.05, 0.1) is 18.9 Å². The number of rotatable bonds is 10. The number of carboxylic acids is 2. The van der Waals surface area contributed by atoms with Gasteiger partial charge in [0.25, 0.3) is 0 Å². The zero-order valence-electron chi connectivity index (χ0n) is 16.8. The summed E-state index contributed by atoms with van der Waals surface area (Å²) < 4.78 is 5.81. The number of benzene rings is 2. The van der Waals surface area contributed by atoms with E-state index in [1.54, 1.807) is 0 Å². The Bertz CT molecular complexity index is 817. The summed E-state index contributed by atoms with van der Waals surface area (Å²) in [4.78, 5) is 23.3. The van der Waals surface area contributed by atoms with E-state index in [2.05, 4.69) is 24.3 Å². The Morgan fingerprint density at radius 1 is 0.966 bits per heavy atom. The molecule has 2 N–H and O–H groups in total. The average Bonchev–Trinajstić information content (AvgIpc) is 2.70. The summed E-state index contributed by atoms with van der Waals surface area (Å²) >= 11 is 0. The van der Waals surface area contributed by atoms with Crippen molar-refractivity contribution >= 4 is 22.7 Å². The zero-order valence-corrected chi connectivity index (χ0v) is 16.8. The lowest BCUT2D eigenvalue weighted by molar-refractivity contribution is -0.144. The Kier molecular flexibility index (Phi) is 7.26. The second kappa shape index (κ2) is 9.88. The molecule has 0 saturated carbocycles. The second-order valence-electron chi connectivity index (χ2n) is 8.31. The number of hydrogen-bond acceptors (Lipinski definition) is 3. The van der Waals surface area contributed by atoms with Crippen molar-refractivity contribution in [1.82, 2.24) is 0 Å². The van der Waals surface area contributed by atoms with Crippen molar-refractivity contribution in [2.75, 3.05) is 6.61 Å². The fourth-order valence-corrected chi connectivity index (χ4v) is 4.60. The maximum absolute atomic E-state index is 11.6. The van der Waals surface area contributed by atoms with Crippen molar-refractivity contribution in [3.8, 4) is 0 Å². The minimum atomic E-state index is -0.936. The van der Waals surface area contributed by atoms with Gasteiger partial charge in [0, 0.05) is 6.61 Å². The Hall–Kier alpha value is -2.40. The minimum Gasteiger partial charge on any atom is -0.481 e. The molecule has 1 atom stereocenters. The van der Waals surface area contributed by atoms with Crippen LogP contribution >= 0.6 is 0 Å². The highest BCUT2D eigenvalue weighted by Crippen LogP contribution is 2.39. The molecule has 2 aromatic rings. The Morgan fingerprint density at radius 3 is 2.38 bits per heavy atom. The molecule has 1 heterocycles. The van der Waals surface area contributed by atoms with Crippen LogP contribution in [0, 0.1) is 5.41 Å². The molecule has 3 rings (SSSR count). The lowest BCUT2D eigenvalue weighted by Gasteiger charge is -2.33. The summed E-state index contributed by atoms with van der Waals surface area (Å²) in [7, 11) is 0. The van der Waals surface area contributed by atoms with Crippen molar-refractivity contribution in [2.45, 2.75) is 63.9 Å². The van der Waals surface area contributed by atoms with Crippen LogP contribution in [0.3, 0.4) is 0 Å². The summed E-state index contributed by atoms with van der Waals surface area (Å²) in [5.74, 6) is -1.87. The molecule has 0 amide bonds. The maximum Gasteiger partial charge on any atom is 0.303 e. The first kappa shape index (κ1) is 21.3. The van der Waals surface area contributed by atoms with Crippen LogP contribution < -0.4 is 0 Å². The van der Waals surface area contributed by atoms with Gasteiger partial charge in [-0.15, -0.1) is 0 Å². The molecule has 5 nitrogen and oxygen atoms in total. The van der Waals surface area contributed by atoms with Crippen LogP contribution in [0.4, 0.5) is 0 Å². The monoisotopic (exact) mass is 398 g/mol. The molecule has 1 aliphatic heterocycles. The Balaban J connectivity index is 1.79. The van der Waals surface area contributed by atoms with Crippen LogP contribution in [-0.4, -0.2) is 34.9 Å². The Morgan fingerprint density at radius 2 is 1.69 bits per heavy atom. The fourth-order valence-electron chi connectivity index (χ4n) is 4.60. The first-order valence-corrected chi connectivity index (χ1v) is 10.5. The summed E-state index contributed by atoms with van der Waals surface area (Å²) in [6, 6.07) is 14.2. The van der Waals surface area contributed by atoms with Gasteiger partial charge in [-0.05, 0) is 66.7 Å². The zero-order chi connectivity index (χ0) is 20.7. The number of ether oxygens (including phenoxy) is 1. The molecule has 1 fully saturated rings. The van der Waals surface area contributed by atoms with Crippen molar-refractivity contribution in [3.63, 3.8) is 0 Å². The summed E-state index contributed by atoms with van der Waals surface area (Å²) in [5.41, 5.74) is 0.368. The van der Waals surface area contributed by atoms with Gasteiger partial charge in [-0.1, -0.05) is 42.5 Å². The number of aryl methyl sites for hydroxylation is 1. The van der Waals surface area contributed by atoms with Gasteiger partial charge in [0.15, 0.2) is 0 Å². The number of carbonyl (C=O) groups is 2. The molecule has 0 unspecified atom stereocenters. The van der Waals surface area contributed by atoms with E-state index in [-0.39, 0.29) is 18.9 Å². The minimum absolute atomic E-state index is 0.114. The van der Waals surface area contributed by atoms with Crippen LogP contribution in [0.5, 0.6) is 0 Å². The fraction of sp³-hybridized carbons (Fsp3) is 0.500. The van der Waals surface area contributed by atoms with Crippen LogP contribution in [-0.2, 0) is 20.7 Å². The lowest BCUT2D eigenvalue weighted by Crippen LogP contribution is -2.31. The molecule has 0 radical (unpaired) electrons. The van der Waals surface area contributed by atoms with Gasteiger partial charge >= 0.3 is 11.9 Å². The molecular weight excluding hydrogens is 368 g/mol. The highest BCUT2D eigenvalue weighted by molar-refractivity contribution is 5.85. The van der Waals surface area contributed by atoms with E-state index in [0.29, 0.717) is 19.3 Å². The molecule has 1 aliphatic rings. The van der Waals surface area contributed by atoms with Crippen molar-refractivity contribution < 1.29 is 24.5 Å². The van der Waals surface area contributed by atoms with Gasteiger partial charge in [-0.25, -0.2) is 0 Å². The van der Waals surface area contributed by atoms with Crippen molar-refractivity contribution in [3.05, 3.63) is 48.0 Å². The molecule has 1 saturated heterocycles. The van der Waals surface area contributed by atoms with Crippen LogP contribution in [0.15, 0.2) is 42.5 Å². The van der Waals surface area contributed by atoms with Gasteiger partial charge in [-0.3, -0.25) is 9.59 Å². The van der Waals surface area contributed by atoms with E-state index >= 15 is 0 Å². The number of hydrogen-bond donors (Lipinski definition) is 2. The summed E-state index contributed by atoms with van der Waals surface area (Å²) in [6.07, 6.45) is 5.48. The van der Waals surface area contributed by atoms with Crippen molar-refractivity contribution in [2.24, 2.45) is 5.41 Å². The summed E-state index contributed by atoms with van der Waals surface area (Å²) in [5, 5.41) is 21.4. The van der Waals surface area contributed by atoms with Gasteiger partial charge in [-0.2, -0.15) is 0 Å². The molecule has 0 aromatic heterocycles. The molecule has 0 aliphatic carbocycles. The first-order chi connectivity index (χ1) is 14.0. The molecule has 156 valence electrons. The van der Waals surface area contributed by atoms with E-state index in [9.17, 15) is 19.8 Å². The normalized spacial score (nSPS) is 17.3. The highest BCUT2D eigenvalue weighted by atomic mass is 16.5. The number of aliphatic carboxylic acids is 2. The SMILES string of the molecule is O=C(O)CC(CCc1cccc2ccccc12)(CC[C@H]1CCCCO1)CC(=O)O. The molecule has 2 aromatic carbocycles. The smallest absolute Gasteiger partial charge is 0.303 e. The second-order valence-corrected chi connectivity index (χ2v) is 8.31. The number of carboxylic acid groups (broad SMARTS) is 2. The largest absolute Gasteiger partial charge is 0.481 e. The van der Waals surface area contributed by atoms with Crippen LogP contribution in [0.2, 0.25) is 0 Å². The van der Waals surface area contributed by atoms with E-state index in [1.165, 1.54) is 0 Å². The van der Waals surface area contributed by atoms with E-state index in [4.69, 9.17) is 4.74 Å². The van der Waals surface area contributed by atoms with Gasteiger partial charge in [0.1, 0.15) is 0 Å². The van der Waals surface area contributed by atoms with Crippen LogP contribution in [0.1, 0.15) is 56.9 Å². The predicted molar refractivity (Wildman–Crippen MR) is 112 cm³/mol. The average molecular weight is 398 g/mol. The topological polar surface area (TPSA) is 83.8 Å². The van der Waals surface area contributed by atoms with E-state index in [1.807, 2.05) is 18.2 Å². The third-order valence-electron chi connectivity index (χ3n) is 6.13. The molecular formula is C24H30O5. The first-order valence-electron chi connectivity index (χ1n) is 10.5. The molecule has 0 bridgehead atoms. The maximum atomic E-state index is 11.6. The summed E-state index contributed by atoms with van der Waals surface area (Å²) in [6.45, 7) is 0.742. The van der Waals surface area contributed by atoms with E-state index < -0.39 is 17.4 Å². The standard InChI is InChI=1S/C24H30O5/c25-22(26)16-24(17-23(27)28,14-12-20-9-3-4-15-29-20)13-11-19-8-5-7-18-6-1-2-10-21(18)19/h1-2,5-8,10,20H,3-4,9,11-17H2,(H,25,26)(H,27,28)/t20-/m1/s1. The molecule has 29 heavy (non-hydrogen) atoms. The third-order valence-corrected chi connectivity index (χ3v) is 6.13. The quantitative estimate of drug-likeness (QED) is 0.584. The van der Waals surface area contributed by atoms with Gasteiger partial charge in [0.2, 0.25) is 0 Å². The molecule has 5 heteroatoms. The molecule has 0 spiro atoms. The Labute approximate surface area is 171 Å². The van der Waals surface area contributed by atoms with Gasteiger partial charge < -0.3 is 14.9 Å².